The first-order valence-corrected chi connectivity index (χ1v) is 9.70. The van der Waals surface area contributed by atoms with Gasteiger partial charge in [-0.25, -0.2) is 0 Å². The van der Waals surface area contributed by atoms with Crippen LogP contribution in [-0.2, 0) is 12.8 Å². The molecule has 0 bridgehead atoms. The van der Waals surface area contributed by atoms with Crippen LogP contribution in [0.2, 0.25) is 0 Å². The number of hydrogen-bond acceptors (Lipinski definition) is 5. The molecule has 158 valence electrons. The van der Waals surface area contributed by atoms with Gasteiger partial charge in [0.1, 0.15) is 28.7 Å². The molecule has 3 aromatic rings. The summed E-state index contributed by atoms with van der Waals surface area (Å²) in [5, 5.41) is 0. The Labute approximate surface area is 178 Å². The molecule has 0 aromatic heterocycles. The predicted octanol–water partition coefficient (Wildman–Crippen LogP) is 4.91. The number of rotatable bonds is 9. The lowest BCUT2D eigenvalue weighted by Gasteiger charge is -2.20. The van der Waals surface area contributed by atoms with Crippen molar-refractivity contribution >= 4 is 0 Å². The van der Waals surface area contributed by atoms with Gasteiger partial charge in [0.25, 0.3) is 0 Å². The third-order valence-electron chi connectivity index (χ3n) is 5.13. The molecule has 0 aliphatic carbocycles. The van der Waals surface area contributed by atoms with Crippen molar-refractivity contribution in [2.45, 2.75) is 12.8 Å². The van der Waals surface area contributed by atoms with E-state index in [0.717, 1.165) is 51.0 Å². The van der Waals surface area contributed by atoms with Gasteiger partial charge in [-0.1, -0.05) is 24.3 Å². The zero-order valence-electron chi connectivity index (χ0n) is 18.2. The van der Waals surface area contributed by atoms with Gasteiger partial charge in [-0.05, 0) is 35.4 Å². The van der Waals surface area contributed by atoms with E-state index < -0.39 is 0 Å². The second-order valence-corrected chi connectivity index (χ2v) is 6.82. The standard InChI is InChI=1S/C25H28O5/c1-26-19-10-6-17(7-11-19)14-21-23(28-3)16-24(29-4)22(25(21)30-5)15-18-8-12-20(27-2)13-9-18/h6-13,16H,14-15H2,1-5H3. The highest BCUT2D eigenvalue weighted by molar-refractivity contribution is 5.60. The molecular formula is C25H28O5. The van der Waals surface area contributed by atoms with Gasteiger partial charge in [-0.3, -0.25) is 0 Å². The van der Waals surface area contributed by atoms with Crippen LogP contribution in [0, 0.1) is 0 Å². The highest BCUT2D eigenvalue weighted by Gasteiger charge is 2.21. The third kappa shape index (κ3) is 4.62. The number of methoxy groups -OCH3 is 5. The minimum Gasteiger partial charge on any atom is -0.497 e. The molecule has 0 unspecified atom stereocenters. The van der Waals surface area contributed by atoms with E-state index in [1.54, 1.807) is 35.5 Å². The third-order valence-corrected chi connectivity index (χ3v) is 5.13. The molecule has 3 rings (SSSR count). The minimum absolute atomic E-state index is 0.663. The SMILES string of the molecule is COc1ccc(Cc2c(OC)cc(OC)c(Cc3ccc(OC)cc3)c2OC)cc1. The van der Waals surface area contributed by atoms with Crippen LogP contribution >= 0.6 is 0 Å². The quantitative estimate of drug-likeness (QED) is 0.503. The van der Waals surface area contributed by atoms with Gasteiger partial charge in [0, 0.05) is 30.0 Å². The van der Waals surface area contributed by atoms with E-state index in [0.29, 0.717) is 12.8 Å². The van der Waals surface area contributed by atoms with Crippen molar-refractivity contribution in [3.05, 3.63) is 76.9 Å². The molecule has 0 radical (unpaired) electrons. The van der Waals surface area contributed by atoms with E-state index in [-0.39, 0.29) is 0 Å². The van der Waals surface area contributed by atoms with Gasteiger partial charge < -0.3 is 23.7 Å². The molecule has 0 atom stereocenters. The summed E-state index contributed by atoms with van der Waals surface area (Å²) < 4.78 is 27.8. The largest absolute Gasteiger partial charge is 0.497 e. The molecule has 5 nitrogen and oxygen atoms in total. The Bertz CT molecular complexity index is 887. The Morgan fingerprint density at radius 3 is 1.20 bits per heavy atom. The first-order chi connectivity index (χ1) is 14.6. The topological polar surface area (TPSA) is 46.2 Å². The molecule has 0 saturated carbocycles. The van der Waals surface area contributed by atoms with Crippen molar-refractivity contribution in [1.29, 1.82) is 0 Å². The maximum absolute atomic E-state index is 5.89. The van der Waals surface area contributed by atoms with Crippen molar-refractivity contribution in [2.24, 2.45) is 0 Å². The minimum atomic E-state index is 0.663. The average Bonchev–Trinajstić information content (AvgIpc) is 2.80. The predicted molar refractivity (Wildman–Crippen MR) is 118 cm³/mol. The Morgan fingerprint density at radius 2 is 0.900 bits per heavy atom. The molecule has 0 fully saturated rings. The smallest absolute Gasteiger partial charge is 0.133 e. The molecule has 5 heteroatoms. The normalized spacial score (nSPS) is 10.4. The Kier molecular flexibility index (Phi) is 7.07. The maximum atomic E-state index is 5.89. The lowest BCUT2D eigenvalue weighted by atomic mass is 9.95. The van der Waals surface area contributed by atoms with E-state index in [2.05, 4.69) is 0 Å². The van der Waals surface area contributed by atoms with Crippen molar-refractivity contribution in [2.75, 3.05) is 35.5 Å². The number of benzene rings is 3. The lowest BCUT2D eigenvalue weighted by molar-refractivity contribution is 0.364. The Morgan fingerprint density at radius 1 is 0.500 bits per heavy atom. The molecule has 30 heavy (non-hydrogen) atoms. The Balaban J connectivity index is 2.04. The van der Waals surface area contributed by atoms with Gasteiger partial charge in [0.05, 0.1) is 35.5 Å². The molecule has 0 aliphatic rings. The molecule has 0 spiro atoms. The summed E-state index contributed by atoms with van der Waals surface area (Å²) in [6.45, 7) is 0. The molecule has 3 aromatic carbocycles. The van der Waals surface area contributed by atoms with Gasteiger partial charge in [-0.2, -0.15) is 0 Å². The molecular weight excluding hydrogens is 380 g/mol. The Hall–Kier alpha value is -3.34. The van der Waals surface area contributed by atoms with Crippen molar-refractivity contribution in [1.82, 2.24) is 0 Å². The van der Waals surface area contributed by atoms with Crippen LogP contribution in [0.3, 0.4) is 0 Å². The monoisotopic (exact) mass is 408 g/mol. The maximum Gasteiger partial charge on any atom is 0.133 e. The number of hydrogen-bond donors (Lipinski definition) is 0. The fourth-order valence-corrected chi connectivity index (χ4v) is 3.54. The van der Waals surface area contributed by atoms with Crippen LogP contribution in [0.5, 0.6) is 28.7 Å². The fourth-order valence-electron chi connectivity index (χ4n) is 3.54. The molecule has 0 heterocycles. The molecule has 0 saturated heterocycles. The first-order valence-electron chi connectivity index (χ1n) is 9.70. The summed E-state index contributed by atoms with van der Waals surface area (Å²) >= 11 is 0. The molecule has 0 N–H and O–H groups in total. The summed E-state index contributed by atoms with van der Waals surface area (Å²) in [5.41, 5.74) is 4.23. The van der Waals surface area contributed by atoms with Crippen LogP contribution < -0.4 is 23.7 Å². The van der Waals surface area contributed by atoms with Crippen molar-refractivity contribution in [3.63, 3.8) is 0 Å². The van der Waals surface area contributed by atoms with Gasteiger partial charge in [0.2, 0.25) is 0 Å². The summed E-state index contributed by atoms with van der Waals surface area (Å²) in [5.74, 6) is 3.90. The molecule has 0 amide bonds. The second kappa shape index (κ2) is 9.92. The highest BCUT2D eigenvalue weighted by Crippen LogP contribution is 2.41. The van der Waals surface area contributed by atoms with E-state index in [4.69, 9.17) is 23.7 Å². The lowest BCUT2D eigenvalue weighted by Crippen LogP contribution is -2.05. The second-order valence-electron chi connectivity index (χ2n) is 6.82. The summed E-state index contributed by atoms with van der Waals surface area (Å²) in [6.07, 6.45) is 1.33. The zero-order chi connectivity index (χ0) is 21.5. The van der Waals surface area contributed by atoms with Crippen LogP contribution in [0.1, 0.15) is 22.3 Å². The van der Waals surface area contributed by atoms with Gasteiger partial charge in [0.15, 0.2) is 0 Å². The zero-order valence-corrected chi connectivity index (χ0v) is 18.2. The van der Waals surface area contributed by atoms with Crippen LogP contribution in [0.4, 0.5) is 0 Å². The first kappa shape index (κ1) is 21.4. The van der Waals surface area contributed by atoms with E-state index >= 15 is 0 Å². The van der Waals surface area contributed by atoms with Crippen LogP contribution in [-0.4, -0.2) is 35.5 Å². The van der Waals surface area contributed by atoms with Crippen molar-refractivity contribution in [3.8, 4) is 28.7 Å². The highest BCUT2D eigenvalue weighted by atomic mass is 16.5. The number of ether oxygens (including phenoxy) is 5. The van der Waals surface area contributed by atoms with Gasteiger partial charge in [-0.15, -0.1) is 0 Å². The van der Waals surface area contributed by atoms with E-state index in [9.17, 15) is 0 Å². The fraction of sp³-hybridized carbons (Fsp3) is 0.280. The van der Waals surface area contributed by atoms with E-state index in [1.807, 2.05) is 54.6 Å². The van der Waals surface area contributed by atoms with Crippen LogP contribution in [0.25, 0.3) is 0 Å². The van der Waals surface area contributed by atoms with Gasteiger partial charge >= 0.3 is 0 Å². The molecule has 0 aliphatic heterocycles. The summed E-state index contributed by atoms with van der Waals surface area (Å²) in [7, 11) is 8.33. The summed E-state index contributed by atoms with van der Waals surface area (Å²) in [4.78, 5) is 0. The summed E-state index contributed by atoms with van der Waals surface area (Å²) in [6, 6.07) is 17.9. The van der Waals surface area contributed by atoms with E-state index in [1.165, 1.54) is 0 Å². The van der Waals surface area contributed by atoms with Crippen LogP contribution in [0.15, 0.2) is 54.6 Å². The average molecular weight is 408 g/mol. The van der Waals surface area contributed by atoms with Crippen molar-refractivity contribution < 1.29 is 23.7 Å².